The molecule has 2 aromatic rings. The van der Waals surface area contributed by atoms with Crippen LogP contribution in [0.1, 0.15) is 34.7 Å². The van der Waals surface area contributed by atoms with Crippen LogP contribution in [0.5, 0.6) is 11.6 Å². The maximum atomic E-state index is 12.7. The third-order valence-corrected chi connectivity index (χ3v) is 6.58. The lowest BCUT2D eigenvalue weighted by molar-refractivity contribution is 0.379. The predicted octanol–water partition coefficient (Wildman–Crippen LogP) is 1.86. The number of hydrogen-bond acceptors (Lipinski definition) is 7. The summed E-state index contributed by atoms with van der Waals surface area (Å²) in [6.07, 6.45) is 1.44. The molecule has 0 saturated carbocycles. The van der Waals surface area contributed by atoms with Gasteiger partial charge in [-0.15, -0.1) is 0 Å². The fourth-order valence-corrected chi connectivity index (χ4v) is 4.98. The second-order valence-corrected chi connectivity index (χ2v) is 9.06. The molecule has 146 valence electrons. The Bertz CT molecular complexity index is 1190. The van der Waals surface area contributed by atoms with Crippen molar-refractivity contribution in [2.24, 2.45) is 4.99 Å². The van der Waals surface area contributed by atoms with Gasteiger partial charge in [0, 0.05) is 6.21 Å². The third kappa shape index (κ3) is 3.51. The Morgan fingerprint density at radius 3 is 2.64 bits per heavy atom. The molecule has 1 aliphatic heterocycles. The van der Waals surface area contributed by atoms with Gasteiger partial charge in [0.05, 0.1) is 23.1 Å². The minimum atomic E-state index is -3.31. The molecule has 0 unspecified atom stereocenters. The van der Waals surface area contributed by atoms with E-state index in [0.717, 1.165) is 10.1 Å². The summed E-state index contributed by atoms with van der Waals surface area (Å²) in [4.78, 5) is 16.8. The highest BCUT2D eigenvalue weighted by Gasteiger charge is 2.33. The number of pyridine rings is 1. The van der Waals surface area contributed by atoms with E-state index in [1.807, 2.05) is 13.0 Å². The molecule has 1 aromatic carbocycles. The average molecular weight is 401 g/mol. The second-order valence-electron chi connectivity index (χ2n) is 6.83. The van der Waals surface area contributed by atoms with Crippen molar-refractivity contribution in [3.05, 3.63) is 50.8 Å². The topological polar surface area (TPSA) is 133 Å². The van der Waals surface area contributed by atoms with Crippen LogP contribution in [0.25, 0.3) is 0 Å². The monoisotopic (exact) mass is 401 g/mol. The van der Waals surface area contributed by atoms with E-state index in [-0.39, 0.29) is 46.1 Å². The van der Waals surface area contributed by atoms with Crippen molar-refractivity contribution in [1.29, 1.82) is 5.26 Å². The number of phenols is 1. The number of aryl methyl sites for hydroxylation is 1. The number of aromatic hydroxyl groups is 2. The Morgan fingerprint density at radius 1 is 1.32 bits per heavy atom. The first kappa shape index (κ1) is 19.6. The van der Waals surface area contributed by atoms with Gasteiger partial charge in [0.15, 0.2) is 9.84 Å². The standard InChI is InChI=1S/C19H19N3O5S/c1-11-3-4-17(23)16(7-11)21-9-15-12(2)14(8-20)18(24)22(19(15)25)13-5-6-28(26,27)10-13/h3-4,7,9,13,23,25H,5-6,10H2,1-2H3/t13-/m0/s1. The number of aromatic nitrogens is 1. The summed E-state index contributed by atoms with van der Waals surface area (Å²) < 4.78 is 24.6. The molecular formula is C19H19N3O5S. The molecule has 3 rings (SSSR count). The Kier molecular flexibility index (Phi) is 5.00. The number of phenolic OH excluding ortho intramolecular Hbond substituents is 1. The first-order chi connectivity index (χ1) is 13.1. The van der Waals surface area contributed by atoms with Crippen molar-refractivity contribution in [2.75, 3.05) is 11.5 Å². The fraction of sp³-hybridized carbons (Fsp3) is 0.316. The van der Waals surface area contributed by atoms with E-state index < -0.39 is 27.3 Å². The van der Waals surface area contributed by atoms with Gasteiger partial charge < -0.3 is 10.2 Å². The zero-order valence-corrected chi connectivity index (χ0v) is 16.2. The Balaban J connectivity index is 2.18. The Labute approximate surface area is 161 Å². The van der Waals surface area contributed by atoms with Gasteiger partial charge in [-0.25, -0.2) is 8.42 Å². The molecule has 1 atom stereocenters. The van der Waals surface area contributed by atoms with Crippen LogP contribution in [0, 0.1) is 25.2 Å². The maximum absolute atomic E-state index is 12.7. The highest BCUT2D eigenvalue weighted by molar-refractivity contribution is 7.91. The summed E-state index contributed by atoms with van der Waals surface area (Å²) in [6.45, 7) is 3.34. The lowest BCUT2D eigenvalue weighted by Gasteiger charge is -2.18. The summed E-state index contributed by atoms with van der Waals surface area (Å²) in [6, 6.07) is 5.93. The van der Waals surface area contributed by atoms with E-state index in [4.69, 9.17) is 0 Å². The summed E-state index contributed by atoms with van der Waals surface area (Å²) in [7, 11) is -3.31. The van der Waals surface area contributed by atoms with Crippen LogP contribution in [0.4, 0.5) is 5.69 Å². The van der Waals surface area contributed by atoms with Gasteiger partial charge >= 0.3 is 0 Å². The van der Waals surface area contributed by atoms with Crippen LogP contribution in [-0.2, 0) is 9.84 Å². The molecule has 0 bridgehead atoms. The summed E-state index contributed by atoms with van der Waals surface area (Å²) >= 11 is 0. The van der Waals surface area contributed by atoms with Crippen molar-refractivity contribution in [2.45, 2.75) is 26.3 Å². The molecule has 1 fully saturated rings. The highest BCUT2D eigenvalue weighted by Crippen LogP contribution is 2.31. The van der Waals surface area contributed by atoms with Gasteiger partial charge in [0.1, 0.15) is 23.1 Å². The first-order valence-electron chi connectivity index (χ1n) is 8.57. The number of nitrogens with zero attached hydrogens (tertiary/aromatic N) is 3. The zero-order valence-electron chi connectivity index (χ0n) is 15.4. The number of hydrogen-bond donors (Lipinski definition) is 2. The number of benzene rings is 1. The van der Waals surface area contributed by atoms with Crippen molar-refractivity contribution in [3.8, 4) is 17.7 Å². The van der Waals surface area contributed by atoms with Crippen LogP contribution < -0.4 is 5.56 Å². The molecule has 2 N–H and O–H groups in total. The van der Waals surface area contributed by atoms with Gasteiger partial charge in [0.2, 0.25) is 5.88 Å². The zero-order chi connectivity index (χ0) is 20.6. The number of sulfone groups is 1. The van der Waals surface area contributed by atoms with E-state index in [0.29, 0.717) is 0 Å². The minimum absolute atomic E-state index is 0.0605. The van der Waals surface area contributed by atoms with Crippen molar-refractivity contribution >= 4 is 21.7 Å². The molecule has 1 aliphatic rings. The van der Waals surface area contributed by atoms with E-state index in [2.05, 4.69) is 4.99 Å². The summed E-state index contributed by atoms with van der Waals surface area (Å²) in [5.74, 6) is -0.863. The number of aliphatic imine (C=N–C) groups is 1. The van der Waals surface area contributed by atoms with Crippen LogP contribution in [-0.4, -0.2) is 40.9 Å². The third-order valence-electron chi connectivity index (χ3n) is 4.83. The fourth-order valence-electron chi connectivity index (χ4n) is 3.28. The van der Waals surface area contributed by atoms with E-state index in [1.165, 1.54) is 19.2 Å². The van der Waals surface area contributed by atoms with Crippen LogP contribution >= 0.6 is 0 Å². The molecule has 2 heterocycles. The SMILES string of the molecule is Cc1ccc(O)c(N=Cc2c(C)c(C#N)c(=O)n([C@H]3CCS(=O)(=O)C3)c2O)c1. The molecule has 0 radical (unpaired) electrons. The number of rotatable bonds is 3. The number of nitriles is 1. The smallest absolute Gasteiger partial charge is 0.271 e. The van der Waals surface area contributed by atoms with Gasteiger partial charge in [0.25, 0.3) is 5.56 Å². The Hall–Kier alpha value is -3.12. The van der Waals surface area contributed by atoms with E-state index >= 15 is 0 Å². The molecule has 9 heteroatoms. The molecule has 0 spiro atoms. The van der Waals surface area contributed by atoms with Crippen LogP contribution in [0.15, 0.2) is 28.0 Å². The molecule has 28 heavy (non-hydrogen) atoms. The van der Waals surface area contributed by atoms with Gasteiger partial charge in [-0.05, 0) is 43.5 Å². The molecular weight excluding hydrogens is 382 g/mol. The van der Waals surface area contributed by atoms with Crippen LogP contribution in [0.2, 0.25) is 0 Å². The highest BCUT2D eigenvalue weighted by atomic mass is 32.2. The maximum Gasteiger partial charge on any atom is 0.271 e. The van der Waals surface area contributed by atoms with Crippen molar-refractivity contribution in [1.82, 2.24) is 4.57 Å². The van der Waals surface area contributed by atoms with Gasteiger partial charge in [-0.3, -0.25) is 14.4 Å². The molecule has 1 aromatic heterocycles. The quantitative estimate of drug-likeness (QED) is 0.754. The molecule has 8 nitrogen and oxygen atoms in total. The average Bonchev–Trinajstić information content (AvgIpc) is 2.97. The first-order valence-corrected chi connectivity index (χ1v) is 10.4. The summed E-state index contributed by atoms with van der Waals surface area (Å²) in [5.41, 5.74) is 0.578. The van der Waals surface area contributed by atoms with Gasteiger partial charge in [-0.2, -0.15) is 5.26 Å². The lowest BCUT2D eigenvalue weighted by Crippen LogP contribution is -2.29. The lowest BCUT2D eigenvalue weighted by atomic mass is 10.0. The second kappa shape index (κ2) is 7.13. The minimum Gasteiger partial charge on any atom is -0.506 e. The normalized spacial score (nSPS) is 18.4. The van der Waals surface area contributed by atoms with Crippen molar-refractivity contribution in [3.63, 3.8) is 0 Å². The largest absolute Gasteiger partial charge is 0.506 e. The predicted molar refractivity (Wildman–Crippen MR) is 104 cm³/mol. The Morgan fingerprint density at radius 2 is 2.04 bits per heavy atom. The summed E-state index contributed by atoms with van der Waals surface area (Å²) in [5, 5.41) is 30.0. The van der Waals surface area contributed by atoms with E-state index in [1.54, 1.807) is 12.1 Å². The molecule has 1 saturated heterocycles. The van der Waals surface area contributed by atoms with E-state index in [9.17, 15) is 28.7 Å². The molecule has 0 aliphatic carbocycles. The van der Waals surface area contributed by atoms with Crippen LogP contribution in [0.3, 0.4) is 0 Å². The van der Waals surface area contributed by atoms with Crippen molar-refractivity contribution < 1.29 is 18.6 Å². The van der Waals surface area contributed by atoms with Gasteiger partial charge in [-0.1, -0.05) is 6.07 Å². The molecule has 0 amide bonds.